The third-order valence-corrected chi connectivity index (χ3v) is 4.78. The number of carbonyl (C=O) groups is 1. The SMILES string of the molecule is Cc1ccccc1CCNC(=O)N1CCC[C@H](NS(C)(=O)=O)C1. The number of nitrogens with zero attached hydrogens (tertiary/aromatic N) is 1. The van der Waals surface area contributed by atoms with Crippen molar-refractivity contribution in [1.29, 1.82) is 0 Å². The zero-order valence-corrected chi connectivity index (χ0v) is 14.5. The molecule has 0 radical (unpaired) electrons. The first-order chi connectivity index (χ1) is 10.8. The molecule has 128 valence electrons. The highest BCUT2D eigenvalue weighted by Crippen LogP contribution is 2.11. The lowest BCUT2D eigenvalue weighted by molar-refractivity contribution is 0.177. The van der Waals surface area contributed by atoms with Crippen LogP contribution in [0, 0.1) is 6.92 Å². The third kappa shape index (κ3) is 5.84. The second-order valence-corrected chi connectivity index (χ2v) is 7.86. The standard InChI is InChI=1S/C16H25N3O3S/c1-13-6-3-4-7-14(13)9-10-17-16(20)19-11-5-8-15(12-19)18-23(2,21)22/h3-4,6-7,15,18H,5,8-12H2,1-2H3,(H,17,20)/t15-/m0/s1. The van der Waals surface area contributed by atoms with Gasteiger partial charge in [-0.05, 0) is 37.3 Å². The largest absolute Gasteiger partial charge is 0.338 e. The predicted octanol–water partition coefficient (Wildman–Crippen LogP) is 1.26. The first-order valence-corrected chi connectivity index (χ1v) is 9.79. The van der Waals surface area contributed by atoms with Crippen molar-refractivity contribution in [1.82, 2.24) is 14.9 Å². The smallest absolute Gasteiger partial charge is 0.317 e. The van der Waals surface area contributed by atoms with E-state index >= 15 is 0 Å². The molecule has 1 saturated heterocycles. The fourth-order valence-corrected chi connectivity index (χ4v) is 3.66. The molecule has 1 atom stereocenters. The molecule has 6 nitrogen and oxygen atoms in total. The van der Waals surface area contributed by atoms with Crippen LogP contribution in [-0.4, -0.2) is 51.3 Å². The van der Waals surface area contributed by atoms with Crippen molar-refractivity contribution in [3.8, 4) is 0 Å². The molecule has 0 unspecified atom stereocenters. The number of sulfonamides is 1. The minimum absolute atomic E-state index is 0.126. The first-order valence-electron chi connectivity index (χ1n) is 7.90. The van der Waals surface area contributed by atoms with Gasteiger partial charge in [-0.2, -0.15) is 0 Å². The summed E-state index contributed by atoms with van der Waals surface area (Å²) in [5, 5.41) is 2.92. The van der Waals surface area contributed by atoms with Gasteiger partial charge < -0.3 is 10.2 Å². The number of urea groups is 1. The number of hydrogen-bond acceptors (Lipinski definition) is 3. The molecule has 0 saturated carbocycles. The molecule has 0 spiro atoms. The van der Waals surface area contributed by atoms with Gasteiger partial charge in [0, 0.05) is 25.7 Å². The van der Waals surface area contributed by atoms with Crippen LogP contribution in [0.15, 0.2) is 24.3 Å². The minimum atomic E-state index is -3.24. The van der Waals surface area contributed by atoms with Gasteiger partial charge in [0.15, 0.2) is 0 Å². The molecule has 1 aliphatic rings. The molecule has 1 aliphatic heterocycles. The summed E-state index contributed by atoms with van der Waals surface area (Å²) in [5.41, 5.74) is 2.44. The molecule has 7 heteroatoms. The van der Waals surface area contributed by atoms with Gasteiger partial charge in [-0.1, -0.05) is 24.3 Å². The summed E-state index contributed by atoms with van der Waals surface area (Å²) in [6.45, 7) is 3.72. The molecule has 2 amide bonds. The summed E-state index contributed by atoms with van der Waals surface area (Å²) in [5.74, 6) is 0. The van der Waals surface area contributed by atoms with Gasteiger partial charge in [-0.15, -0.1) is 0 Å². The van der Waals surface area contributed by atoms with Crippen molar-refractivity contribution < 1.29 is 13.2 Å². The van der Waals surface area contributed by atoms with E-state index in [1.54, 1.807) is 4.90 Å². The highest BCUT2D eigenvalue weighted by atomic mass is 32.2. The number of rotatable bonds is 5. The Morgan fingerprint density at radius 2 is 2.09 bits per heavy atom. The van der Waals surface area contributed by atoms with Gasteiger partial charge in [0.2, 0.25) is 10.0 Å². The fourth-order valence-electron chi connectivity index (χ4n) is 2.87. The van der Waals surface area contributed by atoms with Crippen LogP contribution in [0.2, 0.25) is 0 Å². The Morgan fingerprint density at radius 3 is 2.78 bits per heavy atom. The highest BCUT2D eigenvalue weighted by Gasteiger charge is 2.25. The molecule has 0 bridgehead atoms. The zero-order valence-electron chi connectivity index (χ0n) is 13.7. The molecular formula is C16H25N3O3S. The number of benzene rings is 1. The van der Waals surface area contributed by atoms with Crippen molar-refractivity contribution >= 4 is 16.1 Å². The summed E-state index contributed by atoms with van der Waals surface area (Å²) in [6, 6.07) is 7.80. The van der Waals surface area contributed by atoms with Gasteiger partial charge in [-0.25, -0.2) is 17.9 Å². The third-order valence-electron chi connectivity index (χ3n) is 4.02. The summed E-state index contributed by atoms with van der Waals surface area (Å²) in [7, 11) is -3.24. The fraction of sp³-hybridized carbons (Fsp3) is 0.562. The average Bonchev–Trinajstić information content (AvgIpc) is 2.47. The molecule has 2 rings (SSSR count). The number of aryl methyl sites for hydroxylation is 1. The van der Waals surface area contributed by atoms with Crippen molar-refractivity contribution in [2.75, 3.05) is 25.9 Å². The van der Waals surface area contributed by atoms with Crippen molar-refractivity contribution in [3.63, 3.8) is 0 Å². The van der Waals surface area contributed by atoms with E-state index in [1.807, 2.05) is 12.1 Å². The second-order valence-electron chi connectivity index (χ2n) is 6.08. The number of piperidine rings is 1. The van der Waals surface area contributed by atoms with Crippen LogP contribution in [0.25, 0.3) is 0 Å². The van der Waals surface area contributed by atoms with Crippen LogP contribution in [-0.2, 0) is 16.4 Å². The van der Waals surface area contributed by atoms with E-state index in [-0.39, 0.29) is 12.1 Å². The number of likely N-dealkylation sites (tertiary alicyclic amines) is 1. The second kappa shape index (κ2) is 7.79. The summed E-state index contributed by atoms with van der Waals surface area (Å²) in [4.78, 5) is 13.9. The van der Waals surface area contributed by atoms with Gasteiger partial charge in [-0.3, -0.25) is 0 Å². The van der Waals surface area contributed by atoms with Crippen molar-refractivity contribution in [3.05, 3.63) is 35.4 Å². The van der Waals surface area contributed by atoms with Crippen molar-refractivity contribution in [2.24, 2.45) is 0 Å². The van der Waals surface area contributed by atoms with E-state index in [9.17, 15) is 13.2 Å². The quantitative estimate of drug-likeness (QED) is 0.848. The summed E-state index contributed by atoms with van der Waals surface area (Å²) < 4.78 is 25.2. The summed E-state index contributed by atoms with van der Waals surface area (Å²) in [6.07, 6.45) is 3.50. The Bertz CT molecular complexity index is 646. The van der Waals surface area contributed by atoms with Crippen LogP contribution in [0.5, 0.6) is 0 Å². The van der Waals surface area contributed by atoms with E-state index in [0.717, 1.165) is 25.5 Å². The number of amides is 2. The average molecular weight is 339 g/mol. The molecular weight excluding hydrogens is 314 g/mol. The Hall–Kier alpha value is -1.60. The topological polar surface area (TPSA) is 78.5 Å². The predicted molar refractivity (Wildman–Crippen MR) is 90.9 cm³/mol. The van der Waals surface area contributed by atoms with E-state index in [2.05, 4.69) is 29.1 Å². The molecule has 1 aromatic rings. The maximum absolute atomic E-state index is 12.2. The number of carbonyl (C=O) groups excluding carboxylic acids is 1. The molecule has 1 heterocycles. The molecule has 1 aromatic carbocycles. The van der Waals surface area contributed by atoms with Gasteiger partial charge >= 0.3 is 6.03 Å². The summed E-state index contributed by atoms with van der Waals surface area (Å²) >= 11 is 0. The Morgan fingerprint density at radius 1 is 1.35 bits per heavy atom. The Kier molecular flexibility index (Phi) is 6.01. The van der Waals surface area contributed by atoms with E-state index in [1.165, 1.54) is 11.1 Å². The zero-order chi connectivity index (χ0) is 16.9. The van der Waals surface area contributed by atoms with Gasteiger partial charge in [0.1, 0.15) is 0 Å². The first kappa shape index (κ1) is 17.7. The molecule has 0 aromatic heterocycles. The van der Waals surface area contributed by atoms with E-state index in [4.69, 9.17) is 0 Å². The Balaban J connectivity index is 1.80. The molecule has 2 N–H and O–H groups in total. The molecule has 23 heavy (non-hydrogen) atoms. The highest BCUT2D eigenvalue weighted by molar-refractivity contribution is 7.88. The van der Waals surface area contributed by atoms with Crippen LogP contribution in [0.4, 0.5) is 4.79 Å². The molecule has 1 fully saturated rings. The van der Waals surface area contributed by atoms with Gasteiger partial charge in [0.05, 0.1) is 6.26 Å². The van der Waals surface area contributed by atoms with Crippen LogP contribution < -0.4 is 10.0 Å². The normalized spacial score (nSPS) is 18.7. The minimum Gasteiger partial charge on any atom is -0.338 e. The van der Waals surface area contributed by atoms with Gasteiger partial charge in [0.25, 0.3) is 0 Å². The van der Waals surface area contributed by atoms with E-state index < -0.39 is 10.0 Å². The monoisotopic (exact) mass is 339 g/mol. The van der Waals surface area contributed by atoms with Crippen LogP contribution in [0.1, 0.15) is 24.0 Å². The molecule has 0 aliphatic carbocycles. The Labute approximate surface area is 138 Å². The maximum Gasteiger partial charge on any atom is 0.317 e. The number of hydrogen-bond donors (Lipinski definition) is 2. The maximum atomic E-state index is 12.2. The van der Waals surface area contributed by atoms with Crippen LogP contribution >= 0.6 is 0 Å². The lowest BCUT2D eigenvalue weighted by Crippen LogP contribution is -2.52. The lowest BCUT2D eigenvalue weighted by Gasteiger charge is -2.32. The van der Waals surface area contributed by atoms with E-state index in [0.29, 0.717) is 19.6 Å². The van der Waals surface area contributed by atoms with Crippen molar-refractivity contribution in [2.45, 2.75) is 32.2 Å². The lowest BCUT2D eigenvalue weighted by atomic mass is 10.1. The number of nitrogens with one attached hydrogen (secondary N) is 2. The van der Waals surface area contributed by atoms with Crippen LogP contribution in [0.3, 0.4) is 0 Å².